The number of carbonyl (C=O) groups is 1. The molecule has 0 aliphatic carbocycles. The molecule has 1 aromatic carbocycles. The Balaban J connectivity index is 1.55. The summed E-state index contributed by atoms with van der Waals surface area (Å²) in [4.78, 5) is 14.6. The van der Waals surface area contributed by atoms with Crippen LogP contribution in [0.25, 0.3) is 0 Å². The number of aryl methyl sites for hydroxylation is 2. The zero-order valence-electron chi connectivity index (χ0n) is 16.8. The lowest BCUT2D eigenvalue weighted by atomic mass is 9.98. The Morgan fingerprint density at radius 2 is 1.90 bits per heavy atom. The molecule has 158 valence electrons. The van der Waals surface area contributed by atoms with Gasteiger partial charge in [-0.15, -0.1) is 0 Å². The summed E-state index contributed by atoms with van der Waals surface area (Å²) in [5.74, 6) is -0.871. The van der Waals surface area contributed by atoms with Crippen LogP contribution >= 0.6 is 0 Å². The minimum atomic E-state index is -3.86. The highest BCUT2D eigenvalue weighted by atomic mass is 32.2. The number of carbonyl (C=O) groups excluding carboxylic acids is 1. The van der Waals surface area contributed by atoms with E-state index in [2.05, 4.69) is 10.2 Å². The van der Waals surface area contributed by atoms with Crippen molar-refractivity contribution in [3.05, 3.63) is 65.2 Å². The second-order valence-corrected chi connectivity index (χ2v) is 9.02. The number of hydrogen-bond donors (Lipinski definition) is 1. The fraction of sp³-hybridized carbons (Fsp3) is 0.350. The summed E-state index contributed by atoms with van der Waals surface area (Å²) in [6.07, 6.45) is 2.95. The van der Waals surface area contributed by atoms with E-state index in [-0.39, 0.29) is 30.5 Å². The standard InChI is InChI=1S/C20H23N5O4S/c1-3-24-12-19(14(2)21-24)30(28,29)25-10-16-9-23(11-18(16)22-25)20(27)17(13-26)15-7-5-4-6-8-15/h4-8,10,12,17,26H,3,9,11,13H2,1-2H3/t17-/m0/s1. The first kappa shape index (κ1) is 20.3. The van der Waals surface area contributed by atoms with E-state index in [4.69, 9.17) is 0 Å². The molecule has 0 radical (unpaired) electrons. The topological polar surface area (TPSA) is 110 Å². The number of aromatic nitrogens is 4. The van der Waals surface area contributed by atoms with Crippen LogP contribution in [0.1, 0.15) is 35.4 Å². The van der Waals surface area contributed by atoms with E-state index in [1.165, 1.54) is 12.4 Å². The molecule has 9 nitrogen and oxygen atoms in total. The Bertz CT molecular complexity index is 1160. The van der Waals surface area contributed by atoms with Crippen molar-refractivity contribution in [1.82, 2.24) is 23.9 Å². The Morgan fingerprint density at radius 1 is 1.17 bits per heavy atom. The first-order valence-electron chi connectivity index (χ1n) is 9.66. The van der Waals surface area contributed by atoms with E-state index in [1.54, 1.807) is 28.6 Å². The van der Waals surface area contributed by atoms with Crippen LogP contribution in [-0.2, 0) is 34.5 Å². The van der Waals surface area contributed by atoms with Crippen molar-refractivity contribution >= 4 is 15.9 Å². The van der Waals surface area contributed by atoms with Crippen LogP contribution in [0.4, 0.5) is 0 Å². The highest BCUT2D eigenvalue weighted by molar-refractivity contribution is 7.89. The van der Waals surface area contributed by atoms with Gasteiger partial charge in [0.1, 0.15) is 4.90 Å². The monoisotopic (exact) mass is 429 g/mol. The van der Waals surface area contributed by atoms with Gasteiger partial charge in [0.15, 0.2) is 0 Å². The third kappa shape index (κ3) is 3.41. The fourth-order valence-electron chi connectivity index (χ4n) is 3.65. The van der Waals surface area contributed by atoms with Crippen LogP contribution in [0.15, 0.2) is 47.6 Å². The molecule has 1 atom stereocenters. The molecule has 2 aromatic heterocycles. The van der Waals surface area contributed by atoms with Crippen molar-refractivity contribution in [2.45, 2.75) is 44.3 Å². The predicted octanol–water partition coefficient (Wildman–Crippen LogP) is 1.26. The predicted molar refractivity (Wildman–Crippen MR) is 108 cm³/mol. The molecule has 0 saturated carbocycles. The maximum absolute atomic E-state index is 13.0. The number of amides is 1. The van der Waals surface area contributed by atoms with Gasteiger partial charge >= 0.3 is 0 Å². The molecule has 1 aliphatic heterocycles. The number of nitrogens with zero attached hydrogens (tertiary/aromatic N) is 5. The van der Waals surface area contributed by atoms with Gasteiger partial charge in [-0.1, -0.05) is 30.3 Å². The lowest BCUT2D eigenvalue weighted by Crippen LogP contribution is -2.33. The maximum Gasteiger partial charge on any atom is 0.286 e. The van der Waals surface area contributed by atoms with Gasteiger partial charge in [0.25, 0.3) is 10.0 Å². The van der Waals surface area contributed by atoms with E-state index in [0.717, 1.165) is 9.65 Å². The zero-order valence-corrected chi connectivity index (χ0v) is 17.6. The molecule has 3 aromatic rings. The fourth-order valence-corrected chi connectivity index (χ4v) is 5.00. The van der Waals surface area contributed by atoms with Gasteiger partial charge in [-0.25, -0.2) is 0 Å². The lowest BCUT2D eigenvalue weighted by molar-refractivity contribution is -0.134. The van der Waals surface area contributed by atoms with Crippen molar-refractivity contribution in [3.63, 3.8) is 0 Å². The van der Waals surface area contributed by atoms with Crippen molar-refractivity contribution < 1.29 is 18.3 Å². The molecule has 0 bridgehead atoms. The normalized spacial score (nSPS) is 14.7. The lowest BCUT2D eigenvalue weighted by Gasteiger charge is -2.22. The molecule has 1 N–H and O–H groups in total. The molecule has 1 aliphatic rings. The Morgan fingerprint density at radius 3 is 2.50 bits per heavy atom. The molecule has 4 rings (SSSR count). The SMILES string of the molecule is CCn1cc(S(=O)(=O)n2cc3c(n2)CN(C(=O)[C@@H](CO)c2ccccc2)C3)c(C)n1. The summed E-state index contributed by atoms with van der Waals surface area (Å²) >= 11 is 0. The Hall–Kier alpha value is -2.98. The largest absolute Gasteiger partial charge is 0.395 e. The van der Waals surface area contributed by atoms with Crippen LogP contribution in [0, 0.1) is 6.92 Å². The summed E-state index contributed by atoms with van der Waals surface area (Å²) in [7, 11) is -3.86. The maximum atomic E-state index is 13.0. The Labute approximate surface area is 174 Å². The highest BCUT2D eigenvalue weighted by Crippen LogP contribution is 2.28. The highest BCUT2D eigenvalue weighted by Gasteiger charge is 2.33. The van der Waals surface area contributed by atoms with E-state index in [9.17, 15) is 18.3 Å². The van der Waals surface area contributed by atoms with E-state index < -0.39 is 15.9 Å². The van der Waals surface area contributed by atoms with Gasteiger partial charge in [-0.2, -0.15) is 22.7 Å². The second kappa shape index (κ2) is 7.69. The number of aliphatic hydroxyl groups is 1. The quantitative estimate of drug-likeness (QED) is 0.632. The zero-order chi connectivity index (χ0) is 21.5. The molecule has 0 saturated heterocycles. The van der Waals surface area contributed by atoms with Crippen LogP contribution in [0.3, 0.4) is 0 Å². The summed E-state index contributed by atoms with van der Waals surface area (Å²) in [5, 5.41) is 18.2. The molecule has 30 heavy (non-hydrogen) atoms. The third-order valence-corrected chi connectivity index (χ3v) is 6.94. The van der Waals surface area contributed by atoms with Gasteiger partial charge in [-0.05, 0) is 19.4 Å². The molecular formula is C20H23N5O4S. The number of benzene rings is 1. The number of fused-ring (bicyclic) bond motifs is 1. The first-order chi connectivity index (χ1) is 14.3. The van der Waals surface area contributed by atoms with Gasteiger partial charge in [0, 0.05) is 31.0 Å². The average Bonchev–Trinajstić information content (AvgIpc) is 3.42. The molecule has 0 fully saturated rings. The molecule has 0 unspecified atom stereocenters. The van der Waals surface area contributed by atoms with Gasteiger partial charge in [0.2, 0.25) is 5.91 Å². The van der Waals surface area contributed by atoms with Crippen LogP contribution in [0.5, 0.6) is 0 Å². The van der Waals surface area contributed by atoms with E-state index in [0.29, 0.717) is 23.5 Å². The Kier molecular flexibility index (Phi) is 5.20. The number of aliphatic hydroxyl groups excluding tert-OH is 1. The van der Waals surface area contributed by atoms with Crippen molar-refractivity contribution in [1.29, 1.82) is 0 Å². The van der Waals surface area contributed by atoms with Crippen LogP contribution < -0.4 is 0 Å². The number of hydrogen-bond acceptors (Lipinski definition) is 6. The minimum Gasteiger partial charge on any atom is -0.395 e. The van der Waals surface area contributed by atoms with E-state index in [1.807, 2.05) is 25.1 Å². The summed E-state index contributed by atoms with van der Waals surface area (Å²) in [6, 6.07) is 9.10. The van der Waals surface area contributed by atoms with Crippen LogP contribution in [0.2, 0.25) is 0 Å². The van der Waals surface area contributed by atoms with Crippen molar-refractivity contribution in [2.75, 3.05) is 6.61 Å². The van der Waals surface area contributed by atoms with Crippen molar-refractivity contribution in [3.8, 4) is 0 Å². The van der Waals surface area contributed by atoms with E-state index >= 15 is 0 Å². The molecule has 10 heteroatoms. The number of rotatable bonds is 6. The smallest absolute Gasteiger partial charge is 0.286 e. The molecule has 3 heterocycles. The minimum absolute atomic E-state index is 0.114. The summed E-state index contributed by atoms with van der Waals surface area (Å²) in [6.45, 7) is 4.25. The summed E-state index contributed by atoms with van der Waals surface area (Å²) < 4.78 is 28.5. The average molecular weight is 430 g/mol. The van der Waals surface area contributed by atoms with Gasteiger partial charge in [0.05, 0.1) is 30.5 Å². The van der Waals surface area contributed by atoms with Crippen molar-refractivity contribution in [2.24, 2.45) is 0 Å². The van der Waals surface area contributed by atoms with Crippen LogP contribution in [-0.4, -0.2) is 49.9 Å². The van der Waals surface area contributed by atoms with Gasteiger partial charge < -0.3 is 10.0 Å². The molecule has 1 amide bonds. The molecular weight excluding hydrogens is 406 g/mol. The molecule has 0 spiro atoms. The van der Waals surface area contributed by atoms with Gasteiger partial charge in [-0.3, -0.25) is 9.48 Å². The first-order valence-corrected chi connectivity index (χ1v) is 11.1. The second-order valence-electron chi connectivity index (χ2n) is 7.25. The summed E-state index contributed by atoms with van der Waals surface area (Å²) in [5.41, 5.74) is 2.37. The third-order valence-electron chi connectivity index (χ3n) is 5.30.